The molecule has 8 nitrogen and oxygen atoms in total. The lowest BCUT2D eigenvalue weighted by atomic mass is 10.1. The maximum Gasteiger partial charge on any atom is 0.376 e. The summed E-state index contributed by atoms with van der Waals surface area (Å²) in [7, 11) is -0.756. The van der Waals surface area contributed by atoms with Crippen LogP contribution in [0.5, 0.6) is 0 Å². The fourth-order valence-corrected chi connectivity index (χ4v) is 5.48. The van der Waals surface area contributed by atoms with E-state index in [1.165, 1.54) is 14.2 Å². The normalized spacial score (nSPS) is 18.9. The van der Waals surface area contributed by atoms with E-state index in [4.69, 9.17) is 19.3 Å². The Morgan fingerprint density at radius 2 is 1.50 bits per heavy atom. The Kier molecular flexibility index (Phi) is 13.3. The molecule has 0 amide bonds. The maximum absolute atomic E-state index is 12.7. The van der Waals surface area contributed by atoms with Crippen molar-refractivity contribution in [3.8, 4) is 0 Å². The van der Waals surface area contributed by atoms with E-state index in [1.54, 1.807) is 13.8 Å². The molecular formula is C18H38O8P2+2. The van der Waals surface area contributed by atoms with Gasteiger partial charge in [0.1, 0.15) is 18.4 Å². The van der Waals surface area contributed by atoms with Gasteiger partial charge < -0.3 is 29.5 Å². The zero-order valence-corrected chi connectivity index (χ0v) is 19.7. The molecule has 0 radical (unpaired) electrons. The summed E-state index contributed by atoms with van der Waals surface area (Å²) in [6.07, 6.45) is -0.439. The second-order valence-corrected chi connectivity index (χ2v) is 12.2. The van der Waals surface area contributed by atoms with Gasteiger partial charge in [-0.2, -0.15) is 0 Å². The summed E-state index contributed by atoms with van der Waals surface area (Å²) in [5.74, 6) is 0. The molecule has 0 aliphatic rings. The van der Waals surface area contributed by atoms with Gasteiger partial charge in [-0.3, -0.25) is 0 Å². The van der Waals surface area contributed by atoms with Gasteiger partial charge in [-0.25, -0.2) is 0 Å². The van der Waals surface area contributed by atoms with E-state index in [9.17, 15) is 19.3 Å². The van der Waals surface area contributed by atoms with Crippen LogP contribution in [0.15, 0.2) is 0 Å². The molecular weight excluding hydrogens is 406 g/mol. The van der Waals surface area contributed by atoms with Crippen molar-refractivity contribution < 1.29 is 38.7 Å². The molecule has 0 fully saturated rings. The smallest absolute Gasteiger partial charge is 0.376 e. The van der Waals surface area contributed by atoms with Crippen molar-refractivity contribution >= 4 is 15.6 Å². The molecule has 6 unspecified atom stereocenters. The summed E-state index contributed by atoms with van der Waals surface area (Å²) in [4.78, 5) is 0. The molecule has 6 atom stereocenters. The standard InChI is InChI=1S/C18H38O8P2/c1-14(11-19)26-13-17(2,3)27(22)9-7-8-10-28(23)18(4,25-6)16(21)15(12-20)24-5/h14-16,19-21H,7-13H2,1-6H3/q+2. The number of hydrogen-bond acceptors (Lipinski definition) is 8. The molecule has 28 heavy (non-hydrogen) atoms. The fourth-order valence-electron chi connectivity index (χ4n) is 2.52. The number of aliphatic hydroxyl groups excluding tert-OH is 3. The zero-order valence-electron chi connectivity index (χ0n) is 18.0. The van der Waals surface area contributed by atoms with Crippen molar-refractivity contribution in [1.29, 1.82) is 0 Å². The average Bonchev–Trinajstić information content (AvgIpc) is 2.68. The van der Waals surface area contributed by atoms with Crippen LogP contribution in [0.3, 0.4) is 0 Å². The van der Waals surface area contributed by atoms with Crippen LogP contribution in [-0.2, 0) is 23.3 Å². The van der Waals surface area contributed by atoms with Crippen molar-refractivity contribution in [2.24, 2.45) is 0 Å². The van der Waals surface area contributed by atoms with E-state index >= 15 is 0 Å². The summed E-state index contributed by atoms with van der Waals surface area (Å²) in [6, 6.07) is 0. The number of methoxy groups -OCH3 is 2. The highest BCUT2D eigenvalue weighted by atomic mass is 31.1. The minimum absolute atomic E-state index is 0.0791. The third kappa shape index (κ3) is 8.37. The molecule has 0 aromatic carbocycles. The minimum atomic E-state index is -1.95. The molecule has 0 aliphatic heterocycles. The Labute approximate surface area is 170 Å². The Balaban J connectivity index is 4.57. The Hall–Kier alpha value is -0.0400. The number of aliphatic hydroxyl groups is 3. The average molecular weight is 444 g/mol. The molecule has 0 aromatic rings. The fraction of sp³-hybridized carbons (Fsp3) is 1.00. The van der Waals surface area contributed by atoms with Crippen molar-refractivity contribution in [3.05, 3.63) is 0 Å². The summed E-state index contributed by atoms with van der Waals surface area (Å²) >= 11 is 0. The van der Waals surface area contributed by atoms with Crippen molar-refractivity contribution in [2.45, 2.75) is 69.3 Å². The predicted molar refractivity (Wildman–Crippen MR) is 110 cm³/mol. The van der Waals surface area contributed by atoms with Gasteiger partial charge >= 0.3 is 15.6 Å². The zero-order chi connectivity index (χ0) is 22.0. The highest BCUT2D eigenvalue weighted by Crippen LogP contribution is 2.45. The van der Waals surface area contributed by atoms with Gasteiger partial charge in [0, 0.05) is 21.1 Å². The monoisotopic (exact) mass is 444 g/mol. The largest absolute Gasteiger partial charge is 0.394 e. The van der Waals surface area contributed by atoms with Crippen LogP contribution in [0, 0.1) is 0 Å². The van der Waals surface area contributed by atoms with Gasteiger partial charge in [0.25, 0.3) is 5.34 Å². The Bertz CT molecular complexity index is 484. The predicted octanol–water partition coefficient (Wildman–Crippen LogP) is 2.33. The molecule has 0 aliphatic carbocycles. The SMILES string of the molecule is COC(CO)C(O)C(C)(OC)[P+](=O)CCCC[P+](=O)C(C)(C)COC(C)CO. The van der Waals surface area contributed by atoms with E-state index in [0.717, 1.165) is 0 Å². The van der Waals surface area contributed by atoms with Gasteiger partial charge in [0.05, 0.1) is 25.9 Å². The van der Waals surface area contributed by atoms with Gasteiger partial charge in [0.15, 0.2) is 11.3 Å². The van der Waals surface area contributed by atoms with Crippen LogP contribution < -0.4 is 0 Å². The maximum atomic E-state index is 12.7. The topological polar surface area (TPSA) is 123 Å². The number of unbranched alkanes of at least 4 members (excludes halogenated alkanes) is 1. The van der Waals surface area contributed by atoms with Crippen LogP contribution in [0.2, 0.25) is 0 Å². The molecule has 166 valence electrons. The third-order valence-electron chi connectivity index (χ3n) is 4.92. The number of hydrogen-bond donors (Lipinski definition) is 3. The van der Waals surface area contributed by atoms with E-state index < -0.39 is 44.9 Å². The van der Waals surface area contributed by atoms with Crippen molar-refractivity contribution in [2.75, 3.05) is 46.4 Å². The van der Waals surface area contributed by atoms with Crippen LogP contribution in [0.4, 0.5) is 0 Å². The summed E-state index contributed by atoms with van der Waals surface area (Å²) in [5, 5.41) is 26.9. The molecule has 0 saturated heterocycles. The number of rotatable bonds is 16. The lowest BCUT2D eigenvalue weighted by molar-refractivity contribution is -0.115. The van der Waals surface area contributed by atoms with Gasteiger partial charge in [-0.1, -0.05) is 9.13 Å². The van der Waals surface area contributed by atoms with E-state index in [2.05, 4.69) is 0 Å². The molecule has 3 N–H and O–H groups in total. The highest BCUT2D eigenvalue weighted by molar-refractivity contribution is 7.46. The summed E-state index contributed by atoms with van der Waals surface area (Å²) < 4.78 is 41.1. The first-order valence-corrected chi connectivity index (χ1v) is 12.4. The Morgan fingerprint density at radius 3 is 1.93 bits per heavy atom. The minimum Gasteiger partial charge on any atom is -0.394 e. The quantitative estimate of drug-likeness (QED) is 0.245. The second-order valence-electron chi connectivity index (χ2n) is 7.69. The third-order valence-corrected chi connectivity index (χ3v) is 9.28. The molecule has 0 bridgehead atoms. The van der Waals surface area contributed by atoms with Crippen LogP contribution >= 0.6 is 15.6 Å². The molecule has 10 heteroatoms. The lowest BCUT2D eigenvalue weighted by Crippen LogP contribution is -2.48. The molecule has 0 rings (SSSR count). The van der Waals surface area contributed by atoms with Crippen molar-refractivity contribution in [1.82, 2.24) is 0 Å². The number of ether oxygens (including phenoxy) is 3. The first kappa shape index (κ1) is 28.0. The summed E-state index contributed by atoms with van der Waals surface area (Å²) in [6.45, 7) is 6.85. The molecule has 0 aromatic heterocycles. The van der Waals surface area contributed by atoms with Crippen LogP contribution in [-0.4, -0.2) is 90.5 Å². The van der Waals surface area contributed by atoms with E-state index in [0.29, 0.717) is 31.8 Å². The summed E-state index contributed by atoms with van der Waals surface area (Å²) in [5.41, 5.74) is 0. The van der Waals surface area contributed by atoms with Gasteiger partial charge in [-0.05, 0) is 33.6 Å². The first-order chi connectivity index (χ1) is 13.0. The molecule has 0 spiro atoms. The van der Waals surface area contributed by atoms with Gasteiger partial charge in [0.2, 0.25) is 0 Å². The lowest BCUT2D eigenvalue weighted by Gasteiger charge is -2.28. The Morgan fingerprint density at radius 1 is 0.964 bits per heavy atom. The van der Waals surface area contributed by atoms with Gasteiger partial charge in [-0.15, -0.1) is 0 Å². The van der Waals surface area contributed by atoms with E-state index in [1.807, 2.05) is 13.8 Å². The van der Waals surface area contributed by atoms with E-state index in [-0.39, 0.29) is 12.7 Å². The van der Waals surface area contributed by atoms with Crippen molar-refractivity contribution in [3.63, 3.8) is 0 Å². The highest BCUT2D eigenvalue weighted by Gasteiger charge is 2.53. The first-order valence-electron chi connectivity index (χ1n) is 9.49. The molecule has 0 saturated carbocycles. The van der Waals surface area contributed by atoms with Crippen LogP contribution in [0.25, 0.3) is 0 Å². The van der Waals surface area contributed by atoms with Crippen LogP contribution in [0.1, 0.15) is 40.5 Å². The second kappa shape index (κ2) is 13.3. The molecule has 0 heterocycles.